The van der Waals surface area contributed by atoms with Gasteiger partial charge in [0.25, 0.3) is 0 Å². The zero-order valence-corrected chi connectivity index (χ0v) is 28.8. The van der Waals surface area contributed by atoms with E-state index in [4.69, 9.17) is 0 Å². The van der Waals surface area contributed by atoms with Crippen LogP contribution in [0.1, 0.15) is 44.5 Å². The van der Waals surface area contributed by atoms with Gasteiger partial charge < -0.3 is 0 Å². The summed E-state index contributed by atoms with van der Waals surface area (Å²) >= 11 is 0. The van der Waals surface area contributed by atoms with Crippen LogP contribution >= 0.6 is 0 Å². The number of hydrogen-bond donors (Lipinski definition) is 0. The minimum absolute atomic E-state index is 1.21. The molecule has 0 radical (unpaired) electrons. The van der Waals surface area contributed by atoms with Crippen molar-refractivity contribution >= 4 is 40.5 Å². The van der Waals surface area contributed by atoms with Gasteiger partial charge in [0.2, 0.25) is 0 Å². The van der Waals surface area contributed by atoms with Crippen LogP contribution in [0, 0.1) is 0 Å². The van der Waals surface area contributed by atoms with Gasteiger partial charge >= 0.3 is 0 Å². The van der Waals surface area contributed by atoms with Gasteiger partial charge in [0.1, 0.15) is 0 Å². The topological polar surface area (TPSA) is 0 Å². The van der Waals surface area contributed by atoms with Gasteiger partial charge in [-0.2, -0.15) is 0 Å². The Balaban J connectivity index is 1.15. The van der Waals surface area contributed by atoms with Gasteiger partial charge in [0.05, 0.1) is 16.1 Å². The Bertz CT molecular complexity index is 1540. The van der Waals surface area contributed by atoms with Crippen molar-refractivity contribution in [1.82, 2.24) is 0 Å². The summed E-state index contributed by atoms with van der Waals surface area (Å²) in [4.78, 5) is 0. The summed E-state index contributed by atoms with van der Waals surface area (Å²) < 4.78 is 0. The Morgan fingerprint density at radius 1 is 0.341 bits per heavy atom. The summed E-state index contributed by atoms with van der Waals surface area (Å²) in [7, 11) is -2.92. The van der Waals surface area contributed by atoms with E-state index in [9.17, 15) is 0 Å². The zero-order chi connectivity index (χ0) is 30.8. The van der Waals surface area contributed by atoms with Crippen molar-refractivity contribution in [2.75, 3.05) is 0 Å². The molecule has 0 heterocycles. The van der Waals surface area contributed by atoms with E-state index in [-0.39, 0.29) is 0 Å². The van der Waals surface area contributed by atoms with E-state index in [1.807, 2.05) is 0 Å². The second kappa shape index (κ2) is 14.7. The van der Waals surface area contributed by atoms with Crippen molar-refractivity contribution in [2.45, 2.75) is 50.4 Å². The lowest BCUT2D eigenvalue weighted by atomic mass is 10.1. The van der Waals surface area contributed by atoms with Crippen molar-refractivity contribution in [3.05, 3.63) is 178 Å². The van der Waals surface area contributed by atoms with E-state index >= 15 is 0 Å². The maximum Gasteiger partial charge on any atom is 0.0561 e. The lowest BCUT2D eigenvalue weighted by molar-refractivity contribution is 1.17. The Morgan fingerprint density at radius 3 is 1.02 bits per heavy atom. The first kappa shape index (κ1) is 31.4. The first-order valence-electron chi connectivity index (χ1n) is 15.9. The number of benzene rings is 5. The highest BCUT2D eigenvalue weighted by molar-refractivity contribution is 6.76. The van der Waals surface area contributed by atoms with E-state index in [0.717, 1.165) is 0 Å². The molecule has 0 amide bonds. The van der Waals surface area contributed by atoms with E-state index in [1.165, 1.54) is 68.7 Å². The molecular formula is C42H46Si2. The fourth-order valence-electron chi connectivity index (χ4n) is 6.19. The Morgan fingerprint density at radius 2 is 0.659 bits per heavy atom. The van der Waals surface area contributed by atoms with Crippen molar-refractivity contribution in [3.8, 4) is 0 Å². The zero-order valence-electron chi connectivity index (χ0n) is 26.8. The van der Waals surface area contributed by atoms with Crippen molar-refractivity contribution in [1.29, 1.82) is 0 Å². The molecule has 0 atom stereocenters. The average Bonchev–Trinajstić information content (AvgIpc) is 3.01. The van der Waals surface area contributed by atoms with E-state index in [2.05, 4.69) is 184 Å². The third-order valence-electron chi connectivity index (χ3n) is 8.22. The van der Waals surface area contributed by atoms with Crippen LogP contribution in [0.15, 0.2) is 133 Å². The van der Waals surface area contributed by atoms with Crippen LogP contribution in [0.3, 0.4) is 0 Å². The molecule has 2 heteroatoms. The van der Waals surface area contributed by atoms with Crippen LogP contribution in [-0.4, -0.2) is 16.1 Å². The molecule has 0 fully saturated rings. The molecule has 0 unspecified atom stereocenters. The predicted molar refractivity (Wildman–Crippen MR) is 200 cm³/mol. The third kappa shape index (κ3) is 10.0. The minimum atomic E-state index is -1.46. The van der Waals surface area contributed by atoms with Gasteiger partial charge in [0, 0.05) is 0 Å². The van der Waals surface area contributed by atoms with Gasteiger partial charge in [-0.3, -0.25) is 0 Å². The quantitative estimate of drug-likeness (QED) is 0.0979. The average molecular weight is 607 g/mol. The monoisotopic (exact) mass is 606 g/mol. The van der Waals surface area contributed by atoms with Gasteiger partial charge in [-0.25, -0.2) is 0 Å². The molecule has 44 heavy (non-hydrogen) atoms. The Kier molecular flexibility index (Phi) is 10.5. The minimum Gasteiger partial charge on any atom is -0.0689 e. The molecule has 5 rings (SSSR count). The second-order valence-electron chi connectivity index (χ2n) is 13.8. The highest BCUT2D eigenvalue weighted by atomic mass is 28.3. The third-order valence-corrected chi connectivity index (χ3v) is 13.7. The first-order valence-corrected chi connectivity index (χ1v) is 22.8. The molecule has 0 saturated carbocycles. The van der Waals surface area contributed by atoms with Crippen molar-refractivity contribution in [3.63, 3.8) is 0 Å². The van der Waals surface area contributed by atoms with Gasteiger partial charge in [0.15, 0.2) is 0 Å². The van der Waals surface area contributed by atoms with Crippen molar-refractivity contribution < 1.29 is 0 Å². The maximum atomic E-state index is 2.54. The predicted octanol–water partition coefficient (Wildman–Crippen LogP) is 11.2. The SMILES string of the molecule is C[Si](C)(Cc1ccc(/C=C\c2ccccc2)cc1)Cc1cccc(C[Si](C)(C)Cc2ccc(/C=C/c3ccccc3)cc2)c1. The molecule has 0 aliphatic rings. The van der Waals surface area contributed by atoms with Crippen molar-refractivity contribution in [2.24, 2.45) is 0 Å². The molecule has 0 aliphatic carbocycles. The standard InChI is InChI=1S/C42H46Si2/c1-43(2,31-39-26-22-37(23-27-39)20-18-35-12-7-5-8-13-35)33-41-16-11-17-42(30-41)34-44(3,4)32-40-28-24-38(25-29-40)21-19-36-14-9-6-10-15-36/h5-30H,31-34H2,1-4H3/b20-18-,21-19+. The maximum absolute atomic E-state index is 2.54. The fraction of sp³-hybridized carbons (Fsp3) is 0.190. The summed E-state index contributed by atoms with van der Waals surface area (Å²) in [5.41, 5.74) is 10.9. The number of rotatable bonds is 12. The van der Waals surface area contributed by atoms with E-state index in [0.29, 0.717) is 0 Å². The lowest BCUT2D eigenvalue weighted by Crippen LogP contribution is -2.34. The summed E-state index contributed by atoms with van der Waals surface area (Å²) in [5.74, 6) is 0. The Labute approximate surface area is 267 Å². The summed E-state index contributed by atoms with van der Waals surface area (Å²) in [6, 6.07) is 53.8. The molecular weight excluding hydrogens is 561 g/mol. The fourth-order valence-corrected chi connectivity index (χ4v) is 11.8. The highest BCUT2D eigenvalue weighted by Gasteiger charge is 2.24. The lowest BCUT2D eigenvalue weighted by Gasteiger charge is -2.25. The normalized spacial score (nSPS) is 12.3. The van der Waals surface area contributed by atoms with Crippen LogP contribution in [-0.2, 0) is 24.2 Å². The van der Waals surface area contributed by atoms with Crippen LogP contribution in [0.2, 0.25) is 26.2 Å². The molecule has 0 nitrogen and oxygen atoms in total. The molecule has 5 aromatic carbocycles. The van der Waals surface area contributed by atoms with Gasteiger partial charge in [-0.1, -0.05) is 206 Å². The first-order chi connectivity index (χ1) is 21.2. The number of hydrogen-bond acceptors (Lipinski definition) is 0. The van der Waals surface area contributed by atoms with Gasteiger partial charge in [-0.05, 0) is 46.4 Å². The molecule has 5 aromatic rings. The Hall–Kier alpha value is -3.99. The van der Waals surface area contributed by atoms with Crippen LogP contribution in [0.5, 0.6) is 0 Å². The van der Waals surface area contributed by atoms with Gasteiger partial charge in [-0.15, -0.1) is 0 Å². The molecule has 0 aromatic heterocycles. The van der Waals surface area contributed by atoms with E-state index < -0.39 is 16.1 Å². The summed E-state index contributed by atoms with van der Waals surface area (Å²) in [6.07, 6.45) is 8.79. The highest BCUT2D eigenvalue weighted by Crippen LogP contribution is 2.23. The molecule has 0 saturated heterocycles. The molecule has 0 bridgehead atoms. The molecule has 0 aliphatic heterocycles. The summed E-state index contributed by atoms with van der Waals surface area (Å²) in [5, 5.41) is 0. The van der Waals surface area contributed by atoms with Crippen LogP contribution in [0.4, 0.5) is 0 Å². The molecule has 0 spiro atoms. The summed E-state index contributed by atoms with van der Waals surface area (Å²) in [6.45, 7) is 10.2. The molecule has 222 valence electrons. The smallest absolute Gasteiger partial charge is 0.0561 e. The van der Waals surface area contributed by atoms with Crippen LogP contribution < -0.4 is 0 Å². The molecule has 0 N–H and O–H groups in total. The second-order valence-corrected chi connectivity index (χ2v) is 23.9. The largest absolute Gasteiger partial charge is 0.0689 e. The van der Waals surface area contributed by atoms with E-state index in [1.54, 1.807) is 0 Å². The van der Waals surface area contributed by atoms with Crippen LogP contribution in [0.25, 0.3) is 24.3 Å².